The molecule has 0 aliphatic heterocycles. The average molecular weight is 242 g/mol. The van der Waals surface area contributed by atoms with Crippen LogP contribution in [-0.2, 0) is 6.42 Å². The van der Waals surface area contributed by atoms with Crippen molar-refractivity contribution in [1.29, 1.82) is 0 Å². The van der Waals surface area contributed by atoms with Crippen LogP contribution >= 0.6 is 11.6 Å². The van der Waals surface area contributed by atoms with Gasteiger partial charge in [-0.15, -0.1) is 0 Å². The van der Waals surface area contributed by atoms with E-state index in [-0.39, 0.29) is 5.02 Å². The fraction of sp³-hybridized carbons (Fsp3) is 0.200. The van der Waals surface area contributed by atoms with Gasteiger partial charge >= 0.3 is 0 Å². The lowest BCUT2D eigenvalue weighted by Crippen LogP contribution is -2.02. The zero-order chi connectivity index (χ0) is 11.5. The Balaban J connectivity index is 2.31. The Morgan fingerprint density at radius 1 is 1.44 bits per heavy atom. The second-order valence-corrected chi connectivity index (χ2v) is 3.59. The van der Waals surface area contributed by atoms with Gasteiger partial charge in [-0.3, -0.25) is 0 Å². The van der Waals surface area contributed by atoms with Crippen molar-refractivity contribution in [2.45, 2.75) is 6.42 Å². The van der Waals surface area contributed by atoms with Crippen LogP contribution in [0.3, 0.4) is 0 Å². The van der Waals surface area contributed by atoms with Crippen LogP contribution in [0.1, 0.15) is 5.89 Å². The first-order valence-electron chi connectivity index (χ1n) is 4.69. The highest BCUT2D eigenvalue weighted by molar-refractivity contribution is 6.31. The third kappa shape index (κ3) is 2.20. The maximum Gasteiger partial charge on any atom is 0.228 e. The Morgan fingerprint density at radius 3 is 2.94 bits per heavy atom. The summed E-state index contributed by atoms with van der Waals surface area (Å²) >= 11 is 5.65. The lowest BCUT2D eigenvalue weighted by Gasteiger charge is -1.96. The summed E-state index contributed by atoms with van der Waals surface area (Å²) in [6, 6.07) is 4.25. The number of nitrogens with two attached hydrogens (primary N) is 1. The number of hydrogen-bond donors (Lipinski definition) is 1. The minimum Gasteiger partial charge on any atom is -0.339 e. The third-order valence-corrected chi connectivity index (χ3v) is 2.29. The van der Waals surface area contributed by atoms with Crippen molar-refractivity contribution in [1.82, 2.24) is 10.1 Å². The van der Waals surface area contributed by atoms with Crippen LogP contribution in [0.4, 0.5) is 4.39 Å². The van der Waals surface area contributed by atoms with Crippen LogP contribution < -0.4 is 5.73 Å². The molecule has 1 aromatic heterocycles. The van der Waals surface area contributed by atoms with Gasteiger partial charge in [-0.2, -0.15) is 4.98 Å². The maximum absolute atomic E-state index is 12.9. The minimum absolute atomic E-state index is 0.0303. The molecule has 0 atom stereocenters. The number of aromatic nitrogens is 2. The monoisotopic (exact) mass is 241 g/mol. The van der Waals surface area contributed by atoms with Crippen LogP contribution in [0.15, 0.2) is 22.7 Å². The van der Waals surface area contributed by atoms with Crippen molar-refractivity contribution in [3.05, 3.63) is 34.9 Å². The van der Waals surface area contributed by atoms with Crippen molar-refractivity contribution in [2.24, 2.45) is 5.73 Å². The summed E-state index contributed by atoms with van der Waals surface area (Å²) in [4.78, 5) is 4.10. The topological polar surface area (TPSA) is 64.9 Å². The predicted octanol–water partition coefficient (Wildman–Crippen LogP) is 2.03. The van der Waals surface area contributed by atoms with E-state index >= 15 is 0 Å². The molecule has 16 heavy (non-hydrogen) atoms. The van der Waals surface area contributed by atoms with Crippen molar-refractivity contribution in [2.75, 3.05) is 6.54 Å². The summed E-state index contributed by atoms with van der Waals surface area (Å²) in [7, 11) is 0. The molecule has 0 radical (unpaired) electrons. The first-order valence-corrected chi connectivity index (χ1v) is 5.06. The van der Waals surface area contributed by atoms with Gasteiger partial charge in [-0.1, -0.05) is 16.8 Å². The molecule has 4 nitrogen and oxygen atoms in total. The molecule has 0 saturated heterocycles. The van der Waals surface area contributed by atoms with Crippen molar-refractivity contribution in [3.8, 4) is 11.4 Å². The summed E-state index contributed by atoms with van der Waals surface area (Å²) in [5, 5.41) is 3.78. The van der Waals surface area contributed by atoms with Crippen LogP contribution in [0.2, 0.25) is 5.02 Å². The van der Waals surface area contributed by atoms with Gasteiger partial charge in [-0.05, 0) is 18.2 Å². The summed E-state index contributed by atoms with van der Waals surface area (Å²) in [5.41, 5.74) is 5.96. The van der Waals surface area contributed by atoms with Gasteiger partial charge in [0.15, 0.2) is 0 Å². The first-order chi connectivity index (χ1) is 7.70. The van der Waals surface area contributed by atoms with E-state index in [2.05, 4.69) is 10.1 Å². The molecule has 0 fully saturated rings. The molecule has 0 aliphatic carbocycles. The van der Waals surface area contributed by atoms with Gasteiger partial charge < -0.3 is 10.3 Å². The Morgan fingerprint density at radius 2 is 2.25 bits per heavy atom. The van der Waals surface area contributed by atoms with E-state index in [1.54, 1.807) is 0 Å². The molecule has 0 amide bonds. The Bertz CT molecular complexity index is 501. The number of nitrogens with zero attached hydrogens (tertiary/aromatic N) is 2. The number of benzene rings is 1. The van der Waals surface area contributed by atoms with E-state index in [9.17, 15) is 4.39 Å². The van der Waals surface area contributed by atoms with Gasteiger partial charge in [0, 0.05) is 18.5 Å². The second kappa shape index (κ2) is 4.59. The smallest absolute Gasteiger partial charge is 0.228 e. The van der Waals surface area contributed by atoms with E-state index in [0.717, 1.165) is 0 Å². The standard InChI is InChI=1S/C10H9ClFN3O/c11-7-5-6(1-2-8(7)12)10-14-9(3-4-13)16-15-10/h1-2,5H,3-4,13H2. The van der Waals surface area contributed by atoms with Crippen molar-refractivity contribution >= 4 is 11.6 Å². The highest BCUT2D eigenvalue weighted by Gasteiger charge is 2.09. The molecule has 0 bridgehead atoms. The highest BCUT2D eigenvalue weighted by Crippen LogP contribution is 2.22. The summed E-state index contributed by atoms with van der Waals surface area (Å²) in [6.45, 7) is 0.436. The maximum atomic E-state index is 12.9. The number of halogens is 2. The number of rotatable bonds is 3. The Kier molecular flexibility index (Phi) is 3.17. The molecule has 6 heteroatoms. The van der Waals surface area contributed by atoms with Crippen LogP contribution in [0.5, 0.6) is 0 Å². The molecular weight excluding hydrogens is 233 g/mol. The summed E-state index contributed by atoms with van der Waals surface area (Å²) < 4.78 is 17.9. The molecule has 2 N–H and O–H groups in total. The molecule has 1 heterocycles. The molecule has 0 unspecified atom stereocenters. The first kappa shape index (κ1) is 11.0. The van der Waals surface area contributed by atoms with Gasteiger partial charge in [0.2, 0.25) is 11.7 Å². The third-order valence-electron chi connectivity index (χ3n) is 2.00. The van der Waals surface area contributed by atoms with Crippen molar-refractivity contribution < 1.29 is 8.91 Å². The quantitative estimate of drug-likeness (QED) is 0.893. The molecule has 0 aliphatic rings. The molecule has 84 valence electrons. The van der Waals surface area contributed by atoms with Crippen LogP contribution in [0, 0.1) is 5.82 Å². The van der Waals surface area contributed by atoms with Crippen LogP contribution in [0.25, 0.3) is 11.4 Å². The molecule has 1 aromatic carbocycles. The summed E-state index contributed by atoms with van der Waals surface area (Å²) in [5.74, 6) is 0.361. The normalized spacial score (nSPS) is 10.7. The van der Waals surface area contributed by atoms with Crippen molar-refractivity contribution in [3.63, 3.8) is 0 Å². The highest BCUT2D eigenvalue weighted by atomic mass is 35.5. The average Bonchev–Trinajstić information content (AvgIpc) is 2.71. The van der Waals surface area contributed by atoms with E-state index in [1.165, 1.54) is 18.2 Å². The van der Waals surface area contributed by atoms with E-state index in [4.69, 9.17) is 21.9 Å². The van der Waals surface area contributed by atoms with Crippen LogP contribution in [-0.4, -0.2) is 16.7 Å². The Hall–Kier alpha value is -1.46. The largest absolute Gasteiger partial charge is 0.339 e. The molecule has 0 saturated carbocycles. The molecule has 2 rings (SSSR count). The fourth-order valence-corrected chi connectivity index (χ4v) is 1.41. The van der Waals surface area contributed by atoms with E-state index < -0.39 is 5.82 Å². The van der Waals surface area contributed by atoms with E-state index in [1.807, 2.05) is 0 Å². The zero-order valence-corrected chi connectivity index (χ0v) is 9.04. The zero-order valence-electron chi connectivity index (χ0n) is 8.28. The van der Waals surface area contributed by atoms with Gasteiger partial charge in [0.25, 0.3) is 0 Å². The fourth-order valence-electron chi connectivity index (χ4n) is 1.23. The lowest BCUT2D eigenvalue weighted by molar-refractivity contribution is 0.380. The molecule has 2 aromatic rings. The molecule has 0 spiro atoms. The van der Waals surface area contributed by atoms with E-state index in [0.29, 0.717) is 30.2 Å². The predicted molar refractivity (Wildman–Crippen MR) is 57.5 cm³/mol. The Labute approximate surface area is 96.2 Å². The minimum atomic E-state index is -0.476. The molecular formula is C10H9ClFN3O. The van der Waals surface area contributed by atoms with Gasteiger partial charge in [0.1, 0.15) is 5.82 Å². The SMILES string of the molecule is NCCc1nc(-c2ccc(F)c(Cl)c2)no1. The van der Waals surface area contributed by atoms with Gasteiger partial charge in [0.05, 0.1) is 5.02 Å². The summed E-state index contributed by atoms with van der Waals surface area (Å²) in [6.07, 6.45) is 0.516. The van der Waals surface area contributed by atoms with Gasteiger partial charge in [-0.25, -0.2) is 4.39 Å². The lowest BCUT2D eigenvalue weighted by atomic mass is 10.2. The second-order valence-electron chi connectivity index (χ2n) is 3.18. The number of hydrogen-bond acceptors (Lipinski definition) is 4.